The molecule has 0 bridgehead atoms. The third-order valence-corrected chi connectivity index (χ3v) is 6.05. The Hall–Kier alpha value is -4.30. The lowest BCUT2D eigenvalue weighted by Gasteiger charge is -2.13. The van der Waals surface area contributed by atoms with Crippen LogP contribution < -0.4 is 15.0 Å². The van der Waals surface area contributed by atoms with Crippen molar-refractivity contribution in [3.8, 4) is 22.8 Å². The van der Waals surface area contributed by atoms with Gasteiger partial charge in [-0.25, -0.2) is 4.98 Å². The number of anilines is 2. The predicted octanol–water partition coefficient (Wildman–Crippen LogP) is 5.51. The van der Waals surface area contributed by atoms with Gasteiger partial charge in [0.1, 0.15) is 11.5 Å². The fourth-order valence-electron chi connectivity index (χ4n) is 3.58. The number of rotatable bonds is 6. The van der Waals surface area contributed by atoms with E-state index in [1.54, 1.807) is 24.3 Å². The second kappa shape index (κ2) is 9.29. The number of ether oxygens (including phenoxy) is 1. The molecule has 3 aromatic carbocycles. The van der Waals surface area contributed by atoms with Crippen molar-refractivity contribution >= 4 is 39.9 Å². The first kappa shape index (κ1) is 21.5. The molecule has 5 rings (SSSR count). The predicted molar refractivity (Wildman–Crippen MR) is 130 cm³/mol. The third kappa shape index (κ3) is 4.57. The van der Waals surface area contributed by atoms with Gasteiger partial charge in [0, 0.05) is 29.3 Å². The highest BCUT2D eigenvalue weighted by molar-refractivity contribution is 7.14. The molecule has 0 aliphatic carbocycles. The SMILES string of the molecule is O=C(Nc1nc(-c2ccc(Oc3ccccc3)cc2)cs1)c1ccc(N2C(=O)CCC2=O)cc1. The molecule has 0 unspecified atom stereocenters. The number of hydrogen-bond donors (Lipinski definition) is 1. The van der Waals surface area contributed by atoms with Crippen LogP contribution in [0.1, 0.15) is 23.2 Å². The highest BCUT2D eigenvalue weighted by atomic mass is 32.1. The van der Waals surface area contributed by atoms with Gasteiger partial charge in [-0.05, 0) is 60.7 Å². The highest BCUT2D eigenvalue weighted by Gasteiger charge is 2.30. The zero-order chi connectivity index (χ0) is 23.5. The number of carbonyl (C=O) groups excluding carboxylic acids is 3. The lowest BCUT2D eigenvalue weighted by Crippen LogP contribution is -2.28. The second-order valence-electron chi connectivity index (χ2n) is 7.60. The summed E-state index contributed by atoms with van der Waals surface area (Å²) in [4.78, 5) is 42.1. The van der Waals surface area contributed by atoms with Crippen molar-refractivity contribution in [2.45, 2.75) is 12.8 Å². The summed E-state index contributed by atoms with van der Waals surface area (Å²) in [6.07, 6.45) is 0.437. The summed E-state index contributed by atoms with van der Waals surface area (Å²) >= 11 is 1.33. The largest absolute Gasteiger partial charge is 0.457 e. The molecule has 8 heteroatoms. The van der Waals surface area contributed by atoms with E-state index in [4.69, 9.17) is 4.74 Å². The number of hydrogen-bond acceptors (Lipinski definition) is 6. The van der Waals surface area contributed by atoms with E-state index in [2.05, 4.69) is 10.3 Å². The Bertz CT molecular complexity index is 1330. The summed E-state index contributed by atoms with van der Waals surface area (Å²) in [7, 11) is 0. The van der Waals surface area contributed by atoms with Crippen LogP contribution in [0.2, 0.25) is 0 Å². The van der Waals surface area contributed by atoms with E-state index in [0.717, 1.165) is 27.7 Å². The zero-order valence-corrected chi connectivity index (χ0v) is 18.7. The van der Waals surface area contributed by atoms with Crippen LogP contribution in [0.5, 0.6) is 11.5 Å². The van der Waals surface area contributed by atoms with Crippen LogP contribution in [0.3, 0.4) is 0 Å². The minimum atomic E-state index is -0.321. The molecule has 0 radical (unpaired) electrons. The lowest BCUT2D eigenvalue weighted by atomic mass is 10.2. The number of nitrogens with zero attached hydrogens (tertiary/aromatic N) is 2. The van der Waals surface area contributed by atoms with E-state index < -0.39 is 0 Å². The Morgan fingerprint density at radius 1 is 0.853 bits per heavy atom. The monoisotopic (exact) mass is 469 g/mol. The van der Waals surface area contributed by atoms with E-state index in [1.165, 1.54) is 11.3 Å². The van der Waals surface area contributed by atoms with Gasteiger partial charge in [-0.3, -0.25) is 24.6 Å². The summed E-state index contributed by atoms with van der Waals surface area (Å²) in [6, 6.07) is 23.5. The molecular weight excluding hydrogens is 450 g/mol. The van der Waals surface area contributed by atoms with Crippen molar-refractivity contribution in [2.24, 2.45) is 0 Å². The minimum Gasteiger partial charge on any atom is -0.457 e. The third-order valence-electron chi connectivity index (χ3n) is 5.29. The zero-order valence-electron chi connectivity index (χ0n) is 17.9. The van der Waals surface area contributed by atoms with Gasteiger partial charge >= 0.3 is 0 Å². The number of nitrogens with one attached hydrogen (secondary N) is 1. The van der Waals surface area contributed by atoms with Crippen molar-refractivity contribution in [1.29, 1.82) is 0 Å². The Morgan fingerprint density at radius 2 is 1.50 bits per heavy atom. The van der Waals surface area contributed by atoms with Crippen LogP contribution in [0.4, 0.5) is 10.8 Å². The second-order valence-corrected chi connectivity index (χ2v) is 8.46. The molecule has 34 heavy (non-hydrogen) atoms. The molecule has 7 nitrogen and oxygen atoms in total. The van der Waals surface area contributed by atoms with Crippen LogP contribution in [-0.2, 0) is 9.59 Å². The fourth-order valence-corrected chi connectivity index (χ4v) is 4.29. The fraction of sp³-hybridized carbons (Fsp3) is 0.0769. The molecule has 1 aromatic heterocycles. The molecule has 1 aliphatic heterocycles. The van der Waals surface area contributed by atoms with Gasteiger partial charge in [0.05, 0.1) is 11.4 Å². The van der Waals surface area contributed by atoms with Gasteiger partial charge in [0.2, 0.25) is 11.8 Å². The van der Waals surface area contributed by atoms with E-state index in [9.17, 15) is 14.4 Å². The number of amides is 3. The first-order valence-electron chi connectivity index (χ1n) is 10.6. The number of carbonyl (C=O) groups is 3. The summed E-state index contributed by atoms with van der Waals surface area (Å²) in [5.41, 5.74) is 2.52. The average Bonchev–Trinajstić information content (AvgIpc) is 3.46. The maximum Gasteiger partial charge on any atom is 0.257 e. The number of imide groups is 1. The smallest absolute Gasteiger partial charge is 0.257 e. The summed E-state index contributed by atoms with van der Waals surface area (Å²) in [6.45, 7) is 0. The summed E-state index contributed by atoms with van der Waals surface area (Å²) in [5.74, 6) is 0.715. The van der Waals surface area contributed by atoms with E-state index in [1.807, 2.05) is 60.0 Å². The number of thiazole rings is 1. The molecular formula is C26H19N3O4S. The summed E-state index contributed by atoms with van der Waals surface area (Å²) < 4.78 is 5.81. The van der Waals surface area contributed by atoms with Crippen molar-refractivity contribution in [1.82, 2.24) is 4.98 Å². The number of aromatic nitrogens is 1. The molecule has 2 heterocycles. The highest BCUT2D eigenvalue weighted by Crippen LogP contribution is 2.29. The number of benzene rings is 3. The maximum atomic E-state index is 12.6. The molecule has 0 saturated carbocycles. The number of para-hydroxylation sites is 1. The van der Waals surface area contributed by atoms with E-state index >= 15 is 0 Å². The molecule has 168 valence electrons. The summed E-state index contributed by atoms with van der Waals surface area (Å²) in [5, 5.41) is 5.14. The molecule has 0 atom stereocenters. The van der Waals surface area contributed by atoms with Gasteiger partial charge in [-0.1, -0.05) is 18.2 Å². The Kier molecular flexibility index (Phi) is 5.88. The Balaban J connectivity index is 1.23. The minimum absolute atomic E-state index is 0.218. The van der Waals surface area contributed by atoms with Crippen LogP contribution in [0.15, 0.2) is 84.2 Å². The van der Waals surface area contributed by atoms with Crippen LogP contribution in [0, 0.1) is 0 Å². The lowest BCUT2D eigenvalue weighted by molar-refractivity contribution is -0.121. The average molecular weight is 470 g/mol. The van der Waals surface area contributed by atoms with Crippen LogP contribution in [0.25, 0.3) is 11.3 Å². The van der Waals surface area contributed by atoms with Gasteiger partial charge in [0.15, 0.2) is 5.13 Å². The van der Waals surface area contributed by atoms with Crippen molar-refractivity contribution in [3.05, 3.63) is 89.8 Å². The quantitative estimate of drug-likeness (QED) is 0.376. The van der Waals surface area contributed by atoms with E-state index in [0.29, 0.717) is 16.4 Å². The van der Waals surface area contributed by atoms with Gasteiger partial charge in [-0.2, -0.15) is 0 Å². The van der Waals surface area contributed by atoms with Gasteiger partial charge in [0.25, 0.3) is 5.91 Å². The standard InChI is InChI=1S/C26H19N3O4S/c30-23-14-15-24(31)29(23)19-10-6-18(7-11-19)25(32)28-26-27-22(16-34-26)17-8-12-21(13-9-17)33-20-4-2-1-3-5-20/h1-13,16H,14-15H2,(H,27,28,32). The van der Waals surface area contributed by atoms with E-state index in [-0.39, 0.29) is 30.6 Å². The van der Waals surface area contributed by atoms with Crippen LogP contribution in [-0.4, -0.2) is 22.7 Å². The maximum absolute atomic E-state index is 12.6. The van der Waals surface area contributed by atoms with Crippen LogP contribution >= 0.6 is 11.3 Å². The van der Waals surface area contributed by atoms with Crippen molar-refractivity contribution in [3.63, 3.8) is 0 Å². The first-order valence-corrected chi connectivity index (χ1v) is 11.5. The molecule has 1 fully saturated rings. The molecule has 1 saturated heterocycles. The molecule has 1 N–H and O–H groups in total. The first-order chi connectivity index (χ1) is 16.6. The van der Waals surface area contributed by atoms with Gasteiger partial charge in [-0.15, -0.1) is 11.3 Å². The normalized spacial score (nSPS) is 13.2. The molecule has 3 amide bonds. The van der Waals surface area contributed by atoms with Crippen molar-refractivity contribution < 1.29 is 19.1 Å². The van der Waals surface area contributed by atoms with Crippen molar-refractivity contribution in [2.75, 3.05) is 10.2 Å². The Morgan fingerprint density at radius 3 is 2.18 bits per heavy atom. The topological polar surface area (TPSA) is 88.6 Å². The molecule has 4 aromatic rings. The molecule has 0 spiro atoms. The molecule has 1 aliphatic rings. The van der Waals surface area contributed by atoms with Gasteiger partial charge < -0.3 is 4.74 Å². The Labute approximate surface area is 199 Å².